The van der Waals surface area contributed by atoms with Crippen LogP contribution in [0.1, 0.15) is 43.4 Å². The van der Waals surface area contributed by atoms with E-state index < -0.39 is 6.04 Å². The number of carbonyl (C=O) groups excluding carboxylic acids is 1. The summed E-state index contributed by atoms with van der Waals surface area (Å²) < 4.78 is 4.68. The molecule has 0 saturated heterocycles. The van der Waals surface area contributed by atoms with Crippen molar-refractivity contribution in [3.63, 3.8) is 0 Å². The maximum atomic E-state index is 11.4. The molecule has 0 spiro atoms. The standard InChI is InChI=1S/C20H32N4O2/c1-24(11-9-18(21)20(25)26-2)17-12-14(13-17)5-7-16-8-6-15-4-3-10-22-19(15)23-16/h6,8,14,17-18H,3-5,7,9-13,21H2,1-2H3,(H,22,23). The smallest absolute Gasteiger partial charge is 0.322 e. The summed E-state index contributed by atoms with van der Waals surface area (Å²) in [5.41, 5.74) is 8.37. The number of methoxy groups -OCH3 is 1. The third kappa shape index (κ3) is 4.74. The van der Waals surface area contributed by atoms with Crippen LogP contribution in [0, 0.1) is 5.92 Å². The van der Waals surface area contributed by atoms with Gasteiger partial charge in [0, 0.05) is 24.8 Å². The fraction of sp³-hybridized carbons (Fsp3) is 0.700. The van der Waals surface area contributed by atoms with Crippen LogP contribution < -0.4 is 11.1 Å². The largest absolute Gasteiger partial charge is 0.468 e. The molecule has 3 rings (SSSR count). The summed E-state index contributed by atoms with van der Waals surface area (Å²) >= 11 is 0. The van der Waals surface area contributed by atoms with Gasteiger partial charge < -0.3 is 20.7 Å². The number of esters is 1. The van der Waals surface area contributed by atoms with Gasteiger partial charge >= 0.3 is 5.97 Å². The van der Waals surface area contributed by atoms with E-state index in [-0.39, 0.29) is 5.97 Å². The van der Waals surface area contributed by atoms with Gasteiger partial charge in [0.05, 0.1) is 7.11 Å². The number of hydrogen-bond acceptors (Lipinski definition) is 6. The van der Waals surface area contributed by atoms with E-state index >= 15 is 0 Å². The van der Waals surface area contributed by atoms with Crippen molar-refractivity contribution < 1.29 is 9.53 Å². The highest BCUT2D eigenvalue weighted by Crippen LogP contribution is 2.34. The first-order chi connectivity index (χ1) is 12.6. The van der Waals surface area contributed by atoms with Gasteiger partial charge in [-0.25, -0.2) is 4.98 Å². The number of carbonyl (C=O) groups is 1. The average molecular weight is 361 g/mol. The fourth-order valence-corrected chi connectivity index (χ4v) is 3.95. The highest BCUT2D eigenvalue weighted by molar-refractivity contribution is 5.75. The van der Waals surface area contributed by atoms with E-state index in [4.69, 9.17) is 10.7 Å². The molecule has 0 aromatic carbocycles. The van der Waals surface area contributed by atoms with Crippen LogP contribution in [0.15, 0.2) is 12.1 Å². The molecule has 1 aromatic heterocycles. The molecule has 26 heavy (non-hydrogen) atoms. The van der Waals surface area contributed by atoms with Crippen LogP contribution in [0.25, 0.3) is 0 Å². The third-order valence-electron chi connectivity index (χ3n) is 5.89. The van der Waals surface area contributed by atoms with Crippen molar-refractivity contribution in [1.29, 1.82) is 0 Å². The molecule has 2 aliphatic rings. The number of ether oxygens (including phenoxy) is 1. The second-order valence-electron chi connectivity index (χ2n) is 7.77. The van der Waals surface area contributed by atoms with E-state index in [1.165, 1.54) is 44.1 Å². The number of nitrogens with one attached hydrogen (secondary N) is 1. The minimum atomic E-state index is -0.512. The quantitative estimate of drug-likeness (QED) is 0.690. The van der Waals surface area contributed by atoms with Crippen molar-refractivity contribution >= 4 is 11.8 Å². The summed E-state index contributed by atoms with van der Waals surface area (Å²) in [4.78, 5) is 18.5. The molecule has 0 amide bonds. The Morgan fingerprint density at radius 2 is 2.27 bits per heavy atom. The van der Waals surface area contributed by atoms with Gasteiger partial charge in [0.15, 0.2) is 0 Å². The van der Waals surface area contributed by atoms with Crippen LogP contribution in [0.2, 0.25) is 0 Å². The number of nitrogens with two attached hydrogens (primary N) is 1. The molecule has 1 aromatic rings. The van der Waals surface area contributed by atoms with Crippen LogP contribution >= 0.6 is 0 Å². The zero-order chi connectivity index (χ0) is 18.5. The molecule has 0 bridgehead atoms. The van der Waals surface area contributed by atoms with Crippen molar-refractivity contribution in [1.82, 2.24) is 9.88 Å². The van der Waals surface area contributed by atoms with Crippen molar-refractivity contribution in [2.45, 2.75) is 57.0 Å². The minimum Gasteiger partial charge on any atom is -0.468 e. The predicted molar refractivity (Wildman–Crippen MR) is 103 cm³/mol. The summed E-state index contributed by atoms with van der Waals surface area (Å²) in [5.74, 6) is 1.56. The lowest BCUT2D eigenvalue weighted by Gasteiger charge is -2.41. The van der Waals surface area contributed by atoms with E-state index in [9.17, 15) is 4.79 Å². The number of rotatable bonds is 8. The van der Waals surface area contributed by atoms with Crippen LogP contribution in [-0.2, 0) is 22.4 Å². The van der Waals surface area contributed by atoms with Gasteiger partial charge in [-0.05, 0) is 69.5 Å². The summed E-state index contributed by atoms with van der Waals surface area (Å²) in [6, 6.07) is 4.54. The number of aryl methyl sites for hydroxylation is 2. The van der Waals surface area contributed by atoms with Crippen molar-refractivity contribution in [3.8, 4) is 0 Å². The van der Waals surface area contributed by atoms with Gasteiger partial charge in [0.1, 0.15) is 11.9 Å². The second kappa shape index (κ2) is 8.82. The van der Waals surface area contributed by atoms with Gasteiger partial charge in [0.25, 0.3) is 0 Å². The lowest BCUT2D eigenvalue weighted by atomic mass is 9.76. The summed E-state index contributed by atoms with van der Waals surface area (Å²) in [6.07, 6.45) is 7.72. The summed E-state index contributed by atoms with van der Waals surface area (Å²) in [7, 11) is 3.51. The summed E-state index contributed by atoms with van der Waals surface area (Å²) in [6.45, 7) is 1.88. The molecule has 6 heteroatoms. The Labute approximate surface area is 156 Å². The maximum Gasteiger partial charge on any atom is 0.322 e. The SMILES string of the molecule is COC(=O)C(N)CCN(C)C1CC(CCc2ccc3c(n2)NCCC3)C1. The van der Waals surface area contributed by atoms with E-state index in [1.54, 1.807) is 0 Å². The topological polar surface area (TPSA) is 80.5 Å². The van der Waals surface area contributed by atoms with E-state index in [0.29, 0.717) is 12.5 Å². The second-order valence-corrected chi connectivity index (χ2v) is 7.77. The van der Waals surface area contributed by atoms with Crippen LogP contribution in [-0.4, -0.2) is 55.2 Å². The molecule has 1 unspecified atom stereocenters. The first kappa shape index (κ1) is 19.1. The fourth-order valence-electron chi connectivity index (χ4n) is 3.95. The molecule has 1 saturated carbocycles. The van der Waals surface area contributed by atoms with Crippen molar-refractivity contribution in [3.05, 3.63) is 23.4 Å². The Bertz CT molecular complexity index is 616. The van der Waals surface area contributed by atoms with Crippen LogP contribution in [0.5, 0.6) is 0 Å². The predicted octanol–water partition coefficient (Wildman–Crippen LogP) is 1.97. The Morgan fingerprint density at radius 1 is 1.46 bits per heavy atom. The Morgan fingerprint density at radius 3 is 3.04 bits per heavy atom. The maximum absolute atomic E-state index is 11.4. The normalized spacial score (nSPS) is 22.9. The molecule has 144 valence electrons. The molecule has 1 fully saturated rings. The van der Waals surface area contributed by atoms with E-state index in [0.717, 1.165) is 37.7 Å². The average Bonchev–Trinajstić information content (AvgIpc) is 2.63. The number of hydrogen-bond donors (Lipinski definition) is 2. The van der Waals surface area contributed by atoms with Gasteiger partial charge in [-0.15, -0.1) is 0 Å². The molecular weight excluding hydrogens is 328 g/mol. The Balaban J connectivity index is 1.36. The zero-order valence-corrected chi connectivity index (χ0v) is 16.0. The third-order valence-corrected chi connectivity index (χ3v) is 5.89. The number of aromatic nitrogens is 1. The molecule has 1 aliphatic heterocycles. The molecule has 1 atom stereocenters. The number of nitrogens with zero attached hydrogens (tertiary/aromatic N) is 2. The Kier molecular flexibility index (Phi) is 6.48. The highest BCUT2D eigenvalue weighted by atomic mass is 16.5. The van der Waals surface area contributed by atoms with Gasteiger partial charge in [-0.2, -0.15) is 0 Å². The van der Waals surface area contributed by atoms with Crippen molar-refractivity contribution in [2.75, 3.05) is 32.6 Å². The monoisotopic (exact) mass is 360 g/mol. The first-order valence-corrected chi connectivity index (χ1v) is 9.83. The molecular formula is C20H32N4O2. The van der Waals surface area contributed by atoms with E-state index in [2.05, 4.69) is 34.1 Å². The lowest BCUT2D eigenvalue weighted by molar-refractivity contribution is -0.142. The molecule has 2 heterocycles. The van der Waals surface area contributed by atoms with Crippen LogP contribution in [0.3, 0.4) is 0 Å². The van der Waals surface area contributed by atoms with Gasteiger partial charge in [-0.1, -0.05) is 6.07 Å². The van der Waals surface area contributed by atoms with Crippen molar-refractivity contribution in [2.24, 2.45) is 11.7 Å². The number of pyridine rings is 1. The highest BCUT2D eigenvalue weighted by Gasteiger charge is 2.32. The molecule has 3 N–H and O–H groups in total. The number of fused-ring (bicyclic) bond motifs is 1. The van der Waals surface area contributed by atoms with E-state index in [1.807, 2.05) is 0 Å². The molecule has 1 aliphatic carbocycles. The first-order valence-electron chi connectivity index (χ1n) is 9.83. The molecule has 0 radical (unpaired) electrons. The minimum absolute atomic E-state index is 0.322. The number of anilines is 1. The molecule has 6 nitrogen and oxygen atoms in total. The van der Waals surface area contributed by atoms with Gasteiger partial charge in [0.2, 0.25) is 0 Å². The zero-order valence-electron chi connectivity index (χ0n) is 16.0. The van der Waals surface area contributed by atoms with Crippen LogP contribution in [0.4, 0.5) is 5.82 Å². The Hall–Kier alpha value is -1.66. The summed E-state index contributed by atoms with van der Waals surface area (Å²) in [5, 5.41) is 3.41. The lowest BCUT2D eigenvalue weighted by Crippen LogP contribution is -2.45. The van der Waals surface area contributed by atoms with Gasteiger partial charge in [-0.3, -0.25) is 4.79 Å².